The monoisotopic (exact) mass is 324 g/mol. The second kappa shape index (κ2) is 9.45. The molecule has 1 aromatic carbocycles. The molecule has 0 radical (unpaired) electrons. The van der Waals surface area contributed by atoms with Gasteiger partial charge in [-0.25, -0.2) is 0 Å². The summed E-state index contributed by atoms with van der Waals surface area (Å²) in [4.78, 5) is 34.9. The van der Waals surface area contributed by atoms with Crippen molar-refractivity contribution in [1.29, 1.82) is 0 Å². The third-order valence-electron chi connectivity index (χ3n) is 3.18. The maximum absolute atomic E-state index is 12.1. The lowest BCUT2D eigenvalue weighted by molar-refractivity contribution is -0.158. The Labute approximate surface area is 134 Å². The number of rotatable bonds is 8. The van der Waals surface area contributed by atoms with Crippen LogP contribution in [-0.2, 0) is 35.2 Å². The molecule has 0 aliphatic rings. The number of hydrogen-bond donors (Lipinski definition) is 0. The molecule has 0 heterocycles. The Bertz CT molecular complexity index is 535. The van der Waals surface area contributed by atoms with Gasteiger partial charge in [-0.3, -0.25) is 14.4 Å². The molecule has 0 unspecified atom stereocenters. The van der Waals surface area contributed by atoms with E-state index in [9.17, 15) is 14.4 Å². The number of hydrogen-bond acceptors (Lipinski definition) is 7. The van der Waals surface area contributed by atoms with E-state index in [2.05, 4.69) is 9.47 Å². The molecule has 0 aliphatic carbocycles. The van der Waals surface area contributed by atoms with Gasteiger partial charge in [0.05, 0.1) is 40.1 Å². The zero-order valence-electron chi connectivity index (χ0n) is 13.4. The lowest BCUT2D eigenvalue weighted by Gasteiger charge is -2.15. The lowest BCUT2D eigenvalue weighted by atomic mass is 10.0. The van der Waals surface area contributed by atoms with Crippen molar-refractivity contribution in [2.24, 2.45) is 5.92 Å². The van der Waals surface area contributed by atoms with Crippen LogP contribution in [0.15, 0.2) is 24.3 Å². The summed E-state index contributed by atoms with van der Waals surface area (Å²) in [5.41, 5.74) is 0.679. The molecule has 1 rings (SSSR count). The molecule has 126 valence electrons. The Kier molecular flexibility index (Phi) is 7.59. The fourth-order valence-electron chi connectivity index (χ4n) is 1.90. The molecule has 23 heavy (non-hydrogen) atoms. The van der Waals surface area contributed by atoms with Crippen molar-refractivity contribution in [2.45, 2.75) is 19.4 Å². The average molecular weight is 324 g/mol. The molecule has 0 amide bonds. The minimum absolute atomic E-state index is 0.0261. The highest BCUT2D eigenvalue weighted by atomic mass is 16.5. The fourth-order valence-corrected chi connectivity index (χ4v) is 1.90. The number of carbonyl (C=O) groups excluding carboxylic acids is 3. The van der Waals surface area contributed by atoms with Gasteiger partial charge in [0.25, 0.3) is 0 Å². The summed E-state index contributed by atoms with van der Waals surface area (Å²) in [6.45, 7) is -0.0261. The number of esters is 3. The summed E-state index contributed by atoms with van der Waals surface area (Å²) in [5.74, 6) is -2.25. The maximum Gasteiger partial charge on any atom is 0.310 e. The Morgan fingerprint density at radius 2 is 1.52 bits per heavy atom. The van der Waals surface area contributed by atoms with Crippen molar-refractivity contribution in [3.8, 4) is 5.75 Å². The van der Waals surface area contributed by atoms with Gasteiger partial charge in [-0.05, 0) is 6.07 Å². The van der Waals surface area contributed by atoms with Gasteiger partial charge in [0.2, 0.25) is 0 Å². The van der Waals surface area contributed by atoms with Crippen molar-refractivity contribution in [3.63, 3.8) is 0 Å². The molecular formula is C16H20O7. The molecule has 0 fully saturated rings. The summed E-state index contributed by atoms with van der Waals surface area (Å²) in [7, 11) is 3.92. The minimum Gasteiger partial charge on any atom is -0.496 e. The van der Waals surface area contributed by atoms with Crippen LogP contribution >= 0.6 is 0 Å². The van der Waals surface area contributed by atoms with Crippen molar-refractivity contribution < 1.29 is 33.3 Å². The average Bonchev–Trinajstić information content (AvgIpc) is 2.58. The first-order chi connectivity index (χ1) is 11.0. The highest BCUT2D eigenvalue weighted by Gasteiger charge is 2.27. The normalized spacial score (nSPS) is 10.1. The Morgan fingerprint density at radius 3 is 2.04 bits per heavy atom. The summed E-state index contributed by atoms with van der Waals surface area (Å²) in [6, 6.07) is 7.07. The molecule has 0 spiro atoms. The third-order valence-corrected chi connectivity index (χ3v) is 3.18. The molecule has 0 saturated heterocycles. The molecule has 7 heteroatoms. The Morgan fingerprint density at radius 1 is 0.957 bits per heavy atom. The van der Waals surface area contributed by atoms with E-state index in [0.29, 0.717) is 11.3 Å². The lowest BCUT2D eigenvalue weighted by Crippen LogP contribution is -2.25. The first-order valence-corrected chi connectivity index (χ1v) is 6.94. The highest BCUT2D eigenvalue weighted by molar-refractivity contribution is 5.84. The number of carbonyl (C=O) groups is 3. The van der Waals surface area contributed by atoms with Gasteiger partial charge < -0.3 is 18.9 Å². The van der Waals surface area contributed by atoms with E-state index in [4.69, 9.17) is 9.47 Å². The van der Waals surface area contributed by atoms with Crippen molar-refractivity contribution in [1.82, 2.24) is 0 Å². The second-order valence-electron chi connectivity index (χ2n) is 4.68. The zero-order chi connectivity index (χ0) is 17.2. The van der Waals surface area contributed by atoms with Crippen LogP contribution < -0.4 is 4.74 Å². The summed E-state index contributed by atoms with van der Waals surface area (Å²) in [6.07, 6.45) is -0.507. The van der Waals surface area contributed by atoms with Gasteiger partial charge in [0.15, 0.2) is 0 Å². The van der Waals surface area contributed by atoms with E-state index in [0.717, 1.165) is 0 Å². The van der Waals surface area contributed by atoms with Gasteiger partial charge in [0.1, 0.15) is 12.4 Å². The van der Waals surface area contributed by atoms with Crippen LogP contribution in [0.25, 0.3) is 0 Å². The van der Waals surface area contributed by atoms with E-state index in [1.54, 1.807) is 24.3 Å². The fraction of sp³-hybridized carbons (Fsp3) is 0.438. The first-order valence-electron chi connectivity index (χ1n) is 6.94. The van der Waals surface area contributed by atoms with Crippen LogP contribution in [0.4, 0.5) is 0 Å². The van der Waals surface area contributed by atoms with Gasteiger partial charge in [-0.1, -0.05) is 18.2 Å². The van der Waals surface area contributed by atoms with Gasteiger partial charge in [0, 0.05) is 5.56 Å². The van der Waals surface area contributed by atoms with Crippen LogP contribution in [0.3, 0.4) is 0 Å². The van der Waals surface area contributed by atoms with E-state index < -0.39 is 23.8 Å². The van der Waals surface area contributed by atoms with Crippen LogP contribution in [0, 0.1) is 5.92 Å². The number of ether oxygens (including phenoxy) is 4. The molecule has 0 atom stereocenters. The van der Waals surface area contributed by atoms with Gasteiger partial charge in [-0.15, -0.1) is 0 Å². The van der Waals surface area contributed by atoms with E-state index in [1.807, 2.05) is 0 Å². The maximum atomic E-state index is 12.1. The molecular weight excluding hydrogens is 304 g/mol. The summed E-state index contributed by atoms with van der Waals surface area (Å²) in [5, 5.41) is 0. The molecule has 0 aromatic heterocycles. The van der Waals surface area contributed by atoms with Crippen LogP contribution in [0.5, 0.6) is 5.75 Å². The first kappa shape index (κ1) is 18.5. The van der Waals surface area contributed by atoms with E-state index in [-0.39, 0.29) is 19.4 Å². The minimum atomic E-state index is -0.954. The summed E-state index contributed by atoms with van der Waals surface area (Å²) >= 11 is 0. The smallest absolute Gasteiger partial charge is 0.310 e. The van der Waals surface area contributed by atoms with Gasteiger partial charge in [-0.2, -0.15) is 0 Å². The van der Waals surface area contributed by atoms with Crippen molar-refractivity contribution in [2.75, 3.05) is 21.3 Å². The molecule has 1 aromatic rings. The number of methoxy groups -OCH3 is 3. The van der Waals surface area contributed by atoms with Crippen molar-refractivity contribution in [3.05, 3.63) is 29.8 Å². The van der Waals surface area contributed by atoms with Gasteiger partial charge >= 0.3 is 17.9 Å². The topological polar surface area (TPSA) is 88.1 Å². The largest absolute Gasteiger partial charge is 0.496 e. The highest BCUT2D eigenvalue weighted by Crippen LogP contribution is 2.20. The quantitative estimate of drug-likeness (QED) is 0.528. The van der Waals surface area contributed by atoms with Crippen molar-refractivity contribution >= 4 is 17.9 Å². The van der Waals surface area contributed by atoms with E-state index in [1.165, 1.54) is 21.3 Å². The molecule has 0 aliphatic heterocycles. The Balaban J connectivity index is 2.72. The second-order valence-corrected chi connectivity index (χ2v) is 4.68. The van der Waals surface area contributed by atoms with Crippen LogP contribution in [0.2, 0.25) is 0 Å². The number of benzene rings is 1. The predicted molar refractivity (Wildman–Crippen MR) is 79.5 cm³/mol. The van der Waals surface area contributed by atoms with Crippen LogP contribution in [0.1, 0.15) is 18.4 Å². The molecule has 0 N–H and O–H groups in total. The molecule has 0 bridgehead atoms. The SMILES string of the molecule is COC(=O)CC(CC(=O)OC)C(=O)OCc1ccccc1OC. The Hall–Kier alpha value is -2.57. The third kappa shape index (κ3) is 5.98. The molecule has 0 saturated carbocycles. The standard InChI is InChI=1S/C16H20O7/c1-20-13-7-5-4-6-11(13)10-23-16(19)12(8-14(17)21-2)9-15(18)22-3/h4-7,12H,8-10H2,1-3H3. The molecule has 7 nitrogen and oxygen atoms in total. The number of para-hydroxylation sites is 1. The summed E-state index contributed by atoms with van der Waals surface area (Å²) < 4.78 is 19.4. The van der Waals surface area contributed by atoms with Crippen LogP contribution in [-0.4, -0.2) is 39.2 Å². The zero-order valence-corrected chi connectivity index (χ0v) is 13.4. The van der Waals surface area contributed by atoms with E-state index >= 15 is 0 Å². The predicted octanol–water partition coefficient (Wildman–Crippen LogP) is 1.48.